The number of rotatable bonds is 0. The van der Waals surface area contributed by atoms with E-state index in [1.54, 1.807) is 98.9 Å². The first kappa shape index (κ1) is 70.0. The first-order chi connectivity index (χ1) is 5.80. The molecule has 0 unspecified atom stereocenters. The van der Waals surface area contributed by atoms with E-state index < -0.39 is 0 Å². The van der Waals surface area contributed by atoms with Gasteiger partial charge in [0.1, 0.15) is 0 Å². The Kier molecular flexibility index (Phi) is 102. The molecule has 15 heteroatoms. The summed E-state index contributed by atoms with van der Waals surface area (Å²) in [5.74, 6) is 1.61. The minimum Gasteiger partial charge on any atom is 0 e. The van der Waals surface area contributed by atoms with Gasteiger partial charge in [0.2, 0.25) is 0 Å². The van der Waals surface area contributed by atoms with E-state index in [9.17, 15) is 0 Å². The van der Waals surface area contributed by atoms with Crippen molar-refractivity contribution in [2.75, 3.05) is 0 Å². The van der Waals surface area contributed by atoms with E-state index in [0.717, 1.165) is 0 Å². The molecule has 1 aliphatic carbocycles. The van der Waals surface area contributed by atoms with Crippen LogP contribution in [-0.2, 0) is 309 Å². The molecule has 24 heavy (non-hydrogen) atoms. The van der Waals surface area contributed by atoms with Crippen LogP contribution in [0, 0.1) is 11.3 Å². The summed E-state index contributed by atoms with van der Waals surface area (Å²) < 4.78 is 6.61. The smallest absolute Gasteiger partial charge is 0 e. The molecule has 0 atom stereocenters. The molecule has 0 aliphatic heterocycles. The van der Waals surface area contributed by atoms with E-state index >= 15 is 0 Å². The molecular weight excluding hydrogens is 2870 g/mol. The van der Waals surface area contributed by atoms with Gasteiger partial charge in [-0.25, -0.2) is 0 Å². The normalized spacial score (nSPS) is 13.0. The van der Waals surface area contributed by atoms with Crippen LogP contribution in [0.5, 0.6) is 0 Å². The van der Waals surface area contributed by atoms with E-state index in [1.807, 2.05) is 0 Å². The van der Waals surface area contributed by atoms with Crippen LogP contribution in [-0.4, -0.2) is 15.6 Å². The van der Waals surface area contributed by atoms with Gasteiger partial charge in [-0.1, -0.05) is 0 Å². The summed E-state index contributed by atoms with van der Waals surface area (Å²) in [5, 5.41) is 0. The topological polar surface area (TPSA) is 0 Å². The second kappa shape index (κ2) is 35.0. The van der Waals surface area contributed by atoms with E-state index in [2.05, 4.69) is 20.8 Å². The Balaban J connectivity index is -0.0000000171. The summed E-state index contributed by atoms with van der Waals surface area (Å²) in [6.07, 6.45) is 0. The van der Waals surface area contributed by atoms with Gasteiger partial charge in [0.25, 0.3) is 0 Å². The first-order valence-corrected chi connectivity index (χ1v) is 9.68. The predicted octanol–water partition coefficient (Wildman–Crippen LogP) is 0.470. The van der Waals surface area contributed by atoms with Gasteiger partial charge >= 0.3 is 125 Å². The Morgan fingerprint density at radius 3 is 1.08 bits per heavy atom. The van der Waals surface area contributed by atoms with Crippen LogP contribution in [0.1, 0.15) is 20.8 Å². The van der Waals surface area contributed by atoms with Gasteiger partial charge in [0.15, 0.2) is 0 Å². The van der Waals surface area contributed by atoms with Crippen molar-refractivity contribution in [3.05, 3.63) is 5.92 Å². The van der Waals surface area contributed by atoms with Gasteiger partial charge in [-0.3, -0.25) is 0 Å². The van der Waals surface area contributed by atoms with E-state index in [4.69, 9.17) is 0 Å². The molecule has 1 rings (SSSR count). The zero-order valence-electron chi connectivity index (χ0n) is 12.1. The molecule has 0 saturated heterocycles. The van der Waals surface area contributed by atoms with Crippen molar-refractivity contribution >= 4 is 15.6 Å². The summed E-state index contributed by atoms with van der Waals surface area (Å²) in [4.78, 5) is 0. The summed E-state index contributed by atoms with van der Waals surface area (Å²) in [6, 6.07) is 0. The Bertz CT molecular complexity index is 336. The second-order valence-corrected chi connectivity index (χ2v) is 9.43. The van der Waals surface area contributed by atoms with Crippen LogP contribution < -0.4 is 0 Å². The molecule has 1 fully saturated rings. The van der Waals surface area contributed by atoms with Gasteiger partial charge < -0.3 is 0 Å². The van der Waals surface area contributed by atoms with Crippen LogP contribution >= 0.6 is 0 Å². The maximum Gasteiger partial charge on any atom is 0 e. The summed E-state index contributed by atoms with van der Waals surface area (Å²) >= 11 is 6.61. The summed E-state index contributed by atoms with van der Waals surface area (Å²) in [7, 11) is 0. The molecule has 136 valence electrons. The molecule has 0 spiro atoms. The van der Waals surface area contributed by atoms with E-state index in [0.29, 0.717) is 5.41 Å². The molecule has 0 aromatic rings. The standard InChI is InChI=1S/C9H9.15W/c1-8-6-4-5-7-9(8,2)3;;;;;;;;;;;;;;;/h1-3H3;;;;;;;;;;;;;;;/q-1;;;;;;;;;;;;;;;. The zero-order valence-corrected chi connectivity index (χ0v) is 56.1. The van der Waals surface area contributed by atoms with Crippen molar-refractivity contribution < 1.29 is 309 Å². The minimum absolute atomic E-state index is 0. The molecule has 0 bridgehead atoms. The monoisotopic (exact) mass is 2880 g/mol. The van der Waals surface area contributed by atoms with E-state index in [1.165, 1.54) is 0 Å². The van der Waals surface area contributed by atoms with Crippen LogP contribution in [0.2, 0.25) is 0 Å². The van der Waals surface area contributed by atoms with Crippen molar-refractivity contribution in [2.45, 2.75) is 20.8 Å². The van der Waals surface area contributed by atoms with Gasteiger partial charge in [0, 0.05) is 232 Å². The molecular formula is C9H9W15-. The molecule has 0 amide bonds. The number of hydrogen-bond acceptors (Lipinski definition) is 0. The third-order valence-corrected chi connectivity index (χ3v) is 15.8. The quantitative estimate of drug-likeness (QED) is 0.310. The fourth-order valence-corrected chi connectivity index (χ4v) is 7.53. The Morgan fingerprint density at radius 1 is 0.583 bits per heavy atom. The average molecular weight is 2870 g/mol. The third-order valence-electron chi connectivity index (χ3n) is 2.46. The first-order valence-electron chi connectivity index (χ1n) is 3.82. The predicted molar refractivity (Wildman–Crippen MR) is 42.7 cm³/mol. The Labute approximate surface area is 348 Å². The van der Waals surface area contributed by atoms with Gasteiger partial charge in [0.05, 0.1) is 0 Å². The van der Waals surface area contributed by atoms with Crippen LogP contribution in [0.15, 0.2) is 0 Å². The third kappa shape index (κ3) is 21.1. The zero-order chi connectivity index (χ0) is 10.4. The van der Waals surface area contributed by atoms with Crippen molar-refractivity contribution in [3.63, 3.8) is 0 Å². The van der Waals surface area contributed by atoms with Crippen molar-refractivity contribution in [3.8, 4) is 0 Å². The van der Waals surface area contributed by atoms with Crippen LogP contribution in [0.3, 0.4) is 0 Å². The molecule has 1 saturated carbocycles. The van der Waals surface area contributed by atoms with Gasteiger partial charge in [-0.05, 0) is 0 Å². The van der Waals surface area contributed by atoms with Crippen LogP contribution in [0.4, 0.5) is 0 Å². The SMILES string of the molecule is C[C-]1[C](=[W])[C](=[W])[C](=[W])[C](=[W])C1(C)C.[W].[W].[W].[W].[W].[W].[W].[W].[W].[W].[W]. The maximum atomic E-state index is 2.37. The van der Waals surface area contributed by atoms with Crippen molar-refractivity contribution in [1.29, 1.82) is 0 Å². The largest absolute Gasteiger partial charge is 0 e. The Morgan fingerprint density at radius 2 is 0.833 bits per heavy atom. The molecule has 0 heterocycles. The Hall–Kier alpha value is 9.80. The fourth-order valence-electron chi connectivity index (χ4n) is 1.11. The van der Waals surface area contributed by atoms with Crippen molar-refractivity contribution in [2.24, 2.45) is 5.41 Å². The molecule has 0 N–H and O–H groups in total. The molecule has 1 aliphatic rings. The molecule has 0 aromatic heterocycles. The van der Waals surface area contributed by atoms with Crippen LogP contribution in [0.25, 0.3) is 0 Å². The molecule has 0 nitrogen and oxygen atoms in total. The molecule has 0 radical (unpaired) electrons. The average Bonchev–Trinajstić information content (AvgIpc) is 2.09. The minimum atomic E-state index is 0. The maximum absolute atomic E-state index is 2.37. The van der Waals surface area contributed by atoms with Crippen molar-refractivity contribution in [1.82, 2.24) is 0 Å². The fraction of sp³-hybridized carbons (Fsp3) is 0.444. The van der Waals surface area contributed by atoms with Gasteiger partial charge in [-0.15, -0.1) is 0 Å². The number of hydrogen-bond donors (Lipinski definition) is 0. The summed E-state index contributed by atoms with van der Waals surface area (Å²) in [6.45, 7) is 7.06. The summed E-state index contributed by atoms with van der Waals surface area (Å²) in [5.41, 5.74) is 0.350. The van der Waals surface area contributed by atoms with Gasteiger partial charge in [-0.2, -0.15) is 0 Å². The second-order valence-electron chi connectivity index (χ2n) is 3.57. The molecule has 0 aromatic carbocycles. The van der Waals surface area contributed by atoms with E-state index in [-0.39, 0.29) is 232 Å².